The first-order valence-corrected chi connectivity index (χ1v) is 12.4. The summed E-state index contributed by atoms with van der Waals surface area (Å²) < 4.78 is 6.17. The van der Waals surface area contributed by atoms with Crippen LogP contribution in [0.3, 0.4) is 0 Å². The van der Waals surface area contributed by atoms with E-state index in [-0.39, 0.29) is 12.5 Å². The lowest BCUT2D eigenvalue weighted by Crippen LogP contribution is -2.41. The molecule has 1 aliphatic carbocycles. The molecular weight excluding hydrogens is 442 g/mol. The molecule has 0 unspecified atom stereocenters. The van der Waals surface area contributed by atoms with Crippen LogP contribution in [0.25, 0.3) is 0 Å². The predicted molar refractivity (Wildman–Crippen MR) is 137 cm³/mol. The third-order valence-corrected chi connectivity index (χ3v) is 7.20. The molecule has 2 aromatic rings. The summed E-state index contributed by atoms with van der Waals surface area (Å²) in [6.45, 7) is 9.80. The molecule has 1 aromatic heterocycles. The number of hydrogen-bond donors (Lipinski definition) is 3. The average molecular weight is 480 g/mol. The van der Waals surface area contributed by atoms with Gasteiger partial charge in [0.1, 0.15) is 11.4 Å². The van der Waals surface area contributed by atoms with Gasteiger partial charge in [0.25, 0.3) is 0 Å². The van der Waals surface area contributed by atoms with E-state index in [1.807, 2.05) is 13.8 Å². The number of hydrogen-bond acceptors (Lipinski definition) is 7. The Morgan fingerprint density at radius 2 is 1.83 bits per heavy atom. The maximum atomic E-state index is 12.2. The number of aliphatic hydroxyl groups is 1. The van der Waals surface area contributed by atoms with Crippen molar-refractivity contribution in [2.24, 2.45) is 16.3 Å². The van der Waals surface area contributed by atoms with Crippen LogP contribution < -0.4 is 15.8 Å². The summed E-state index contributed by atoms with van der Waals surface area (Å²) in [6.07, 6.45) is 4.35. The van der Waals surface area contributed by atoms with Crippen LogP contribution in [0.4, 0.5) is 11.5 Å². The van der Waals surface area contributed by atoms with E-state index >= 15 is 0 Å². The van der Waals surface area contributed by atoms with Gasteiger partial charge in [-0.3, -0.25) is 4.79 Å². The molecule has 0 bridgehead atoms. The number of anilines is 1. The van der Waals surface area contributed by atoms with Gasteiger partial charge < -0.3 is 20.9 Å². The first-order valence-electron chi connectivity index (χ1n) is 12.4. The van der Waals surface area contributed by atoms with E-state index in [4.69, 9.17) is 15.5 Å². The Bertz CT molecular complexity index is 1120. The van der Waals surface area contributed by atoms with Gasteiger partial charge >= 0.3 is 0 Å². The fourth-order valence-corrected chi connectivity index (χ4v) is 4.85. The van der Waals surface area contributed by atoms with Crippen molar-refractivity contribution in [3.63, 3.8) is 0 Å². The topological polar surface area (TPSA) is 123 Å². The molecule has 0 atom stereocenters. The summed E-state index contributed by atoms with van der Waals surface area (Å²) in [5, 5.41) is 12.4. The van der Waals surface area contributed by atoms with Crippen molar-refractivity contribution in [1.29, 1.82) is 0 Å². The maximum Gasteiger partial charge on any atom is 0.246 e. The van der Waals surface area contributed by atoms with E-state index in [1.165, 1.54) is 5.56 Å². The van der Waals surface area contributed by atoms with Gasteiger partial charge in [-0.1, -0.05) is 24.3 Å². The highest BCUT2D eigenvalue weighted by atomic mass is 16.5. The largest absolute Gasteiger partial charge is 0.463 e. The zero-order valence-electron chi connectivity index (χ0n) is 21.4. The van der Waals surface area contributed by atoms with Crippen molar-refractivity contribution in [3.8, 4) is 5.88 Å². The monoisotopic (exact) mass is 479 g/mol. The van der Waals surface area contributed by atoms with Crippen LogP contribution in [0.1, 0.15) is 76.2 Å². The molecule has 0 saturated heterocycles. The van der Waals surface area contributed by atoms with E-state index in [2.05, 4.69) is 39.6 Å². The Balaban J connectivity index is 1.41. The number of nitrogen functional groups attached to an aromatic ring is 1. The van der Waals surface area contributed by atoms with E-state index in [1.54, 1.807) is 20.8 Å². The van der Waals surface area contributed by atoms with E-state index in [9.17, 15) is 9.90 Å². The number of nitrogens with zero attached hydrogens (tertiary/aromatic N) is 3. The van der Waals surface area contributed by atoms with Crippen LogP contribution >= 0.6 is 0 Å². The summed E-state index contributed by atoms with van der Waals surface area (Å²) in [7, 11) is 0. The SMILES string of the molecule is Cc1nc(N)c2c(n1)OC(C)(C)C(c1ccc([C@H]3CC[C@H](CNC(=O)C(C)(C)CO)CC3)cc1)=N2. The number of aromatic nitrogens is 2. The lowest BCUT2D eigenvalue weighted by atomic mass is 9.78. The van der Waals surface area contributed by atoms with Crippen LogP contribution in [-0.4, -0.2) is 45.4 Å². The molecule has 0 radical (unpaired) electrons. The number of nitrogens with two attached hydrogens (primary N) is 1. The minimum Gasteiger partial charge on any atom is -0.463 e. The number of rotatable bonds is 6. The number of ether oxygens (including phenoxy) is 1. The molecule has 4 N–H and O–H groups in total. The summed E-state index contributed by atoms with van der Waals surface area (Å²) in [6, 6.07) is 8.60. The van der Waals surface area contributed by atoms with Crippen molar-refractivity contribution in [1.82, 2.24) is 15.3 Å². The average Bonchev–Trinajstić information content (AvgIpc) is 2.82. The minimum absolute atomic E-state index is 0.0821. The molecule has 4 rings (SSSR count). The predicted octanol–water partition coefficient (Wildman–Crippen LogP) is 4.07. The molecule has 1 aliphatic heterocycles. The number of aryl methyl sites for hydroxylation is 1. The quantitative estimate of drug-likeness (QED) is 0.574. The molecular formula is C27H37N5O3. The first kappa shape index (κ1) is 25.1. The number of fused-ring (bicyclic) bond motifs is 1. The molecule has 1 fully saturated rings. The number of carbonyl (C=O) groups excluding carboxylic acids is 1. The smallest absolute Gasteiger partial charge is 0.246 e. The van der Waals surface area contributed by atoms with Gasteiger partial charge in [-0.15, -0.1) is 0 Å². The van der Waals surface area contributed by atoms with Gasteiger partial charge in [-0.2, -0.15) is 4.98 Å². The van der Waals surface area contributed by atoms with E-state index in [0.717, 1.165) is 37.0 Å². The number of aliphatic imine (C=N–C) groups is 1. The van der Waals surface area contributed by atoms with Crippen molar-refractivity contribution in [2.75, 3.05) is 18.9 Å². The van der Waals surface area contributed by atoms with Crippen LogP contribution in [-0.2, 0) is 4.79 Å². The summed E-state index contributed by atoms with van der Waals surface area (Å²) in [5.74, 6) is 2.22. The van der Waals surface area contributed by atoms with Gasteiger partial charge in [0.15, 0.2) is 11.5 Å². The van der Waals surface area contributed by atoms with E-state index < -0.39 is 11.0 Å². The molecule has 0 spiro atoms. The van der Waals surface area contributed by atoms with Crippen LogP contribution in [0.2, 0.25) is 0 Å². The number of aliphatic hydroxyl groups excluding tert-OH is 1. The molecule has 2 heterocycles. The molecule has 8 heteroatoms. The summed E-state index contributed by atoms with van der Waals surface area (Å²) in [4.78, 5) is 25.6. The summed E-state index contributed by atoms with van der Waals surface area (Å²) >= 11 is 0. The Labute approximate surface area is 207 Å². The Hall–Kier alpha value is -3.00. The third kappa shape index (κ3) is 5.32. The normalized spacial score (nSPS) is 21.5. The third-order valence-electron chi connectivity index (χ3n) is 7.20. The highest BCUT2D eigenvalue weighted by Gasteiger charge is 2.35. The van der Waals surface area contributed by atoms with Crippen LogP contribution in [0, 0.1) is 18.3 Å². The molecule has 8 nitrogen and oxygen atoms in total. The number of benzene rings is 1. The highest BCUT2D eigenvalue weighted by Crippen LogP contribution is 2.40. The second-order valence-corrected chi connectivity index (χ2v) is 11.0. The zero-order chi connectivity index (χ0) is 25.4. The molecule has 188 valence electrons. The molecule has 2 aliphatic rings. The van der Waals surface area contributed by atoms with Crippen molar-refractivity contribution in [3.05, 3.63) is 41.2 Å². The van der Waals surface area contributed by atoms with E-state index in [0.29, 0.717) is 41.6 Å². The Morgan fingerprint density at radius 3 is 2.46 bits per heavy atom. The molecule has 1 amide bonds. The van der Waals surface area contributed by atoms with Crippen molar-refractivity contribution >= 4 is 23.1 Å². The standard InChI is InChI=1S/C27H37N5O3/c1-16-30-23(28)21-24(31-16)35-27(4,5)22(32-21)20-12-10-19(11-13-20)18-8-6-17(7-9-18)14-29-25(34)26(2,3)15-33/h10-13,17-18,33H,6-9,14-15H2,1-5H3,(H,29,34)(H2,28,30,31)/t17-,18-. The van der Waals surface area contributed by atoms with Crippen LogP contribution in [0.15, 0.2) is 29.3 Å². The maximum absolute atomic E-state index is 12.2. The van der Waals surface area contributed by atoms with Gasteiger partial charge in [-0.25, -0.2) is 9.98 Å². The lowest BCUT2D eigenvalue weighted by molar-refractivity contribution is -0.131. The first-order chi connectivity index (χ1) is 16.5. The second-order valence-electron chi connectivity index (χ2n) is 11.0. The Morgan fingerprint density at radius 1 is 1.17 bits per heavy atom. The highest BCUT2D eigenvalue weighted by molar-refractivity contribution is 6.09. The van der Waals surface area contributed by atoms with Crippen LogP contribution in [0.5, 0.6) is 5.88 Å². The van der Waals surface area contributed by atoms with Crippen molar-refractivity contribution in [2.45, 2.75) is 71.8 Å². The fraction of sp³-hybridized carbons (Fsp3) is 0.556. The van der Waals surface area contributed by atoms with Crippen molar-refractivity contribution < 1.29 is 14.6 Å². The molecule has 1 aromatic carbocycles. The number of carbonyl (C=O) groups is 1. The Kier molecular flexibility index (Phi) is 6.86. The molecule has 35 heavy (non-hydrogen) atoms. The van der Waals surface area contributed by atoms with Gasteiger partial charge in [-0.05, 0) is 77.7 Å². The molecule has 1 saturated carbocycles. The zero-order valence-corrected chi connectivity index (χ0v) is 21.4. The second kappa shape index (κ2) is 9.57. The number of amides is 1. The van der Waals surface area contributed by atoms with Gasteiger partial charge in [0.2, 0.25) is 11.8 Å². The summed E-state index contributed by atoms with van der Waals surface area (Å²) in [5.41, 5.74) is 8.33. The fourth-order valence-electron chi connectivity index (χ4n) is 4.85. The number of nitrogens with one attached hydrogen (secondary N) is 1. The lowest BCUT2D eigenvalue weighted by Gasteiger charge is -2.32. The minimum atomic E-state index is -0.735. The van der Waals surface area contributed by atoms with Gasteiger partial charge in [0, 0.05) is 12.1 Å². The van der Waals surface area contributed by atoms with Gasteiger partial charge in [0.05, 0.1) is 17.7 Å².